The second-order valence-corrected chi connectivity index (χ2v) is 7.30. The molecule has 24 heavy (non-hydrogen) atoms. The second-order valence-electron chi connectivity index (χ2n) is 7.30. The Morgan fingerprint density at radius 1 is 1.00 bits per heavy atom. The Morgan fingerprint density at radius 2 is 1.58 bits per heavy atom. The fraction of sp³-hybridized carbons (Fsp3) is 0.579. The van der Waals surface area contributed by atoms with E-state index in [9.17, 15) is 9.59 Å². The molecule has 0 N–H and O–H groups in total. The van der Waals surface area contributed by atoms with Crippen LogP contribution in [0, 0.1) is 5.41 Å². The minimum Gasteiger partial charge on any atom is -0.497 e. The number of ether oxygens (including phenoxy) is 1. The van der Waals surface area contributed by atoms with Gasteiger partial charge in [-0.25, -0.2) is 0 Å². The van der Waals surface area contributed by atoms with E-state index in [2.05, 4.69) is 0 Å². The molecule has 0 spiro atoms. The van der Waals surface area contributed by atoms with Crippen molar-refractivity contribution in [2.75, 3.05) is 33.3 Å². The third kappa shape index (κ3) is 4.73. The molecular weight excluding hydrogens is 304 g/mol. The molecule has 1 fully saturated rings. The summed E-state index contributed by atoms with van der Waals surface area (Å²) in [5.74, 6) is 1.06. The molecule has 1 aliphatic rings. The van der Waals surface area contributed by atoms with Crippen LogP contribution < -0.4 is 4.74 Å². The van der Waals surface area contributed by atoms with Crippen molar-refractivity contribution in [1.82, 2.24) is 9.80 Å². The van der Waals surface area contributed by atoms with Crippen LogP contribution in [0.3, 0.4) is 0 Å². The molecule has 1 heterocycles. The minimum atomic E-state index is -0.373. The molecule has 0 atom stereocenters. The highest BCUT2D eigenvalue weighted by Crippen LogP contribution is 2.19. The van der Waals surface area contributed by atoms with Gasteiger partial charge in [0.25, 0.3) is 0 Å². The topological polar surface area (TPSA) is 49.9 Å². The molecular formula is C19H28N2O3. The highest BCUT2D eigenvalue weighted by molar-refractivity contribution is 5.82. The molecule has 1 aromatic rings. The monoisotopic (exact) mass is 332 g/mol. The first-order valence-corrected chi connectivity index (χ1v) is 8.51. The van der Waals surface area contributed by atoms with Crippen LogP contribution in [0.1, 0.15) is 32.8 Å². The number of nitrogens with zero attached hydrogens (tertiary/aromatic N) is 2. The van der Waals surface area contributed by atoms with Crippen molar-refractivity contribution < 1.29 is 14.3 Å². The van der Waals surface area contributed by atoms with Crippen LogP contribution in [0.15, 0.2) is 24.3 Å². The van der Waals surface area contributed by atoms with E-state index < -0.39 is 0 Å². The third-order valence-corrected chi connectivity index (χ3v) is 4.29. The second kappa shape index (κ2) is 7.69. The molecule has 0 radical (unpaired) electrons. The third-order valence-electron chi connectivity index (χ3n) is 4.29. The van der Waals surface area contributed by atoms with Gasteiger partial charge in [-0.3, -0.25) is 9.59 Å². The highest BCUT2D eigenvalue weighted by atomic mass is 16.5. The van der Waals surface area contributed by atoms with Gasteiger partial charge in [0.1, 0.15) is 5.75 Å². The van der Waals surface area contributed by atoms with E-state index in [1.807, 2.05) is 54.8 Å². The summed E-state index contributed by atoms with van der Waals surface area (Å²) < 4.78 is 5.14. The number of carbonyl (C=O) groups excluding carboxylic acids is 2. The first-order chi connectivity index (χ1) is 11.3. The van der Waals surface area contributed by atoms with Crippen LogP contribution in [0.25, 0.3) is 0 Å². The number of amides is 2. The molecule has 0 unspecified atom stereocenters. The van der Waals surface area contributed by atoms with Gasteiger partial charge in [-0.1, -0.05) is 32.9 Å². The van der Waals surface area contributed by atoms with Crippen molar-refractivity contribution in [1.29, 1.82) is 0 Å². The van der Waals surface area contributed by atoms with E-state index in [4.69, 9.17) is 4.74 Å². The van der Waals surface area contributed by atoms with Gasteiger partial charge in [0, 0.05) is 31.6 Å². The van der Waals surface area contributed by atoms with Crippen LogP contribution in [0.4, 0.5) is 0 Å². The molecule has 0 saturated carbocycles. The van der Waals surface area contributed by atoms with E-state index in [0.29, 0.717) is 26.1 Å². The molecule has 0 aliphatic carbocycles. The van der Waals surface area contributed by atoms with Crippen LogP contribution in [-0.4, -0.2) is 54.9 Å². The maximum absolute atomic E-state index is 12.5. The van der Waals surface area contributed by atoms with Gasteiger partial charge in [-0.05, 0) is 24.1 Å². The molecule has 1 aliphatic heterocycles. The quantitative estimate of drug-likeness (QED) is 0.854. The minimum absolute atomic E-state index is 0.116. The van der Waals surface area contributed by atoms with Gasteiger partial charge in [0.2, 0.25) is 11.8 Å². The van der Waals surface area contributed by atoms with Crippen molar-refractivity contribution in [3.05, 3.63) is 29.8 Å². The number of hydrogen-bond donors (Lipinski definition) is 0. The lowest BCUT2D eigenvalue weighted by molar-refractivity contribution is -0.139. The summed E-state index contributed by atoms with van der Waals surface area (Å²) in [7, 11) is 1.63. The molecule has 1 saturated heterocycles. The first-order valence-electron chi connectivity index (χ1n) is 8.51. The van der Waals surface area contributed by atoms with Crippen molar-refractivity contribution in [3.8, 4) is 5.75 Å². The summed E-state index contributed by atoms with van der Waals surface area (Å²) >= 11 is 0. The van der Waals surface area contributed by atoms with Crippen molar-refractivity contribution >= 4 is 11.8 Å². The van der Waals surface area contributed by atoms with E-state index >= 15 is 0 Å². The Morgan fingerprint density at radius 3 is 2.17 bits per heavy atom. The van der Waals surface area contributed by atoms with Crippen molar-refractivity contribution in [2.24, 2.45) is 5.41 Å². The zero-order valence-electron chi connectivity index (χ0n) is 15.2. The highest BCUT2D eigenvalue weighted by Gasteiger charge is 2.29. The van der Waals surface area contributed by atoms with E-state index in [1.165, 1.54) is 0 Å². The lowest BCUT2D eigenvalue weighted by Crippen LogP contribution is -2.42. The SMILES string of the molecule is COc1ccc(CC(=O)N2CCCN(C(=O)C(C)(C)C)CC2)cc1. The smallest absolute Gasteiger partial charge is 0.228 e. The first kappa shape index (κ1) is 18.3. The molecule has 2 amide bonds. The summed E-state index contributed by atoms with van der Waals surface area (Å²) in [6, 6.07) is 7.58. The maximum Gasteiger partial charge on any atom is 0.228 e. The zero-order chi connectivity index (χ0) is 17.7. The zero-order valence-corrected chi connectivity index (χ0v) is 15.2. The van der Waals surface area contributed by atoms with Gasteiger partial charge in [0.05, 0.1) is 13.5 Å². The van der Waals surface area contributed by atoms with Crippen LogP contribution in [-0.2, 0) is 16.0 Å². The van der Waals surface area contributed by atoms with Gasteiger partial charge in [-0.2, -0.15) is 0 Å². The number of benzene rings is 1. The van der Waals surface area contributed by atoms with Crippen LogP contribution in [0.5, 0.6) is 5.75 Å². The number of rotatable bonds is 3. The van der Waals surface area contributed by atoms with Crippen molar-refractivity contribution in [3.63, 3.8) is 0 Å². The Kier molecular flexibility index (Phi) is 5.86. The summed E-state index contributed by atoms with van der Waals surface area (Å²) in [6.45, 7) is 8.47. The summed E-state index contributed by atoms with van der Waals surface area (Å²) in [5.41, 5.74) is 0.607. The average molecular weight is 332 g/mol. The number of methoxy groups -OCH3 is 1. The van der Waals surface area contributed by atoms with Gasteiger partial charge in [-0.15, -0.1) is 0 Å². The molecule has 0 aromatic heterocycles. The predicted octanol–water partition coefficient (Wildman–Crippen LogP) is 2.34. The Balaban J connectivity index is 1.92. The van der Waals surface area contributed by atoms with Crippen LogP contribution >= 0.6 is 0 Å². The number of hydrogen-bond acceptors (Lipinski definition) is 3. The van der Waals surface area contributed by atoms with Crippen LogP contribution in [0.2, 0.25) is 0 Å². The van der Waals surface area contributed by atoms with E-state index in [0.717, 1.165) is 24.3 Å². The van der Waals surface area contributed by atoms with Gasteiger partial charge < -0.3 is 14.5 Å². The molecule has 5 nitrogen and oxygen atoms in total. The fourth-order valence-electron chi connectivity index (χ4n) is 2.87. The lowest BCUT2D eigenvalue weighted by Gasteiger charge is -2.28. The molecule has 5 heteroatoms. The van der Waals surface area contributed by atoms with E-state index in [1.54, 1.807) is 7.11 Å². The fourth-order valence-corrected chi connectivity index (χ4v) is 2.87. The molecule has 1 aromatic carbocycles. The summed E-state index contributed by atoms with van der Waals surface area (Å²) in [5, 5.41) is 0. The Labute approximate surface area is 144 Å². The molecule has 132 valence electrons. The van der Waals surface area contributed by atoms with Gasteiger partial charge >= 0.3 is 0 Å². The average Bonchev–Trinajstić information content (AvgIpc) is 2.80. The molecule has 2 rings (SSSR count). The maximum atomic E-state index is 12.5. The van der Waals surface area contributed by atoms with E-state index in [-0.39, 0.29) is 17.2 Å². The summed E-state index contributed by atoms with van der Waals surface area (Å²) in [6.07, 6.45) is 1.22. The number of carbonyl (C=O) groups is 2. The molecule has 0 bridgehead atoms. The normalized spacial score (nSPS) is 15.8. The Bertz CT molecular complexity index is 575. The van der Waals surface area contributed by atoms with Crippen molar-refractivity contribution in [2.45, 2.75) is 33.6 Å². The lowest BCUT2D eigenvalue weighted by atomic mass is 9.94. The Hall–Kier alpha value is -2.04. The standard InChI is InChI=1S/C19H28N2O3/c1-19(2,3)18(23)21-11-5-10-20(12-13-21)17(22)14-15-6-8-16(24-4)9-7-15/h6-9H,5,10-14H2,1-4H3. The van der Waals surface area contributed by atoms with Gasteiger partial charge in [0.15, 0.2) is 0 Å². The largest absolute Gasteiger partial charge is 0.497 e. The summed E-state index contributed by atoms with van der Waals surface area (Å²) in [4.78, 5) is 28.7. The predicted molar refractivity (Wildman–Crippen MR) is 93.9 cm³/mol.